The summed E-state index contributed by atoms with van der Waals surface area (Å²) in [6, 6.07) is 3.77. The highest BCUT2D eigenvalue weighted by Gasteiger charge is 2.20. The van der Waals surface area contributed by atoms with Crippen LogP contribution in [0.1, 0.15) is 22.0 Å². The number of aryl methyl sites for hydroxylation is 1. The summed E-state index contributed by atoms with van der Waals surface area (Å²) in [5, 5.41) is 6.65. The number of likely N-dealkylation sites (N-methyl/N-ethyl adjacent to an activating group) is 1. The highest BCUT2D eigenvalue weighted by molar-refractivity contribution is 7.09. The maximum Gasteiger partial charge on any atom is 0.197 e. The van der Waals surface area contributed by atoms with E-state index in [4.69, 9.17) is 14.4 Å². The normalized spacial score (nSPS) is 15.0. The lowest BCUT2D eigenvalue weighted by molar-refractivity contribution is 0.352. The third-order valence-corrected chi connectivity index (χ3v) is 5.23. The van der Waals surface area contributed by atoms with Gasteiger partial charge in [-0.3, -0.25) is 0 Å². The minimum atomic E-state index is 0.644. The predicted octanol–water partition coefficient (Wildman–Crippen LogP) is 3.14. The van der Waals surface area contributed by atoms with Gasteiger partial charge >= 0.3 is 0 Å². The molecule has 25 heavy (non-hydrogen) atoms. The van der Waals surface area contributed by atoms with Gasteiger partial charge in [0, 0.05) is 30.5 Å². The van der Waals surface area contributed by atoms with Crippen LogP contribution in [0.3, 0.4) is 0 Å². The number of hydrogen-bond acceptors (Lipinski definition) is 7. The minimum absolute atomic E-state index is 0.644. The number of nitrogens with zero attached hydrogens (tertiary/aromatic N) is 4. The van der Waals surface area contributed by atoms with E-state index in [0.29, 0.717) is 18.1 Å². The molecule has 6 nitrogen and oxygen atoms in total. The molecule has 1 aliphatic heterocycles. The molecule has 0 aliphatic carbocycles. The van der Waals surface area contributed by atoms with Crippen LogP contribution in [0.2, 0.25) is 0 Å². The summed E-state index contributed by atoms with van der Waals surface area (Å²) in [7, 11) is 2.15. The summed E-state index contributed by atoms with van der Waals surface area (Å²) in [6.45, 7) is 4.71. The summed E-state index contributed by atoms with van der Waals surface area (Å²) in [5.74, 6) is 2.25. The molecule has 1 N–H and O–H groups in total. The fourth-order valence-electron chi connectivity index (χ4n) is 3.04. The second kappa shape index (κ2) is 6.93. The Hall–Kier alpha value is -2.25. The van der Waals surface area contributed by atoms with Gasteiger partial charge in [0.2, 0.25) is 0 Å². The van der Waals surface area contributed by atoms with Crippen LogP contribution in [0, 0.1) is 6.92 Å². The van der Waals surface area contributed by atoms with Gasteiger partial charge in [-0.1, -0.05) is 0 Å². The Morgan fingerprint density at radius 1 is 1.24 bits per heavy atom. The van der Waals surface area contributed by atoms with Gasteiger partial charge in [0.1, 0.15) is 5.82 Å². The predicted molar refractivity (Wildman–Crippen MR) is 98.8 cm³/mol. The van der Waals surface area contributed by atoms with Crippen molar-refractivity contribution in [3.63, 3.8) is 0 Å². The molecule has 7 heteroatoms. The lowest BCUT2D eigenvalue weighted by Crippen LogP contribution is -2.20. The maximum absolute atomic E-state index is 5.51. The molecular weight excluding hydrogens is 334 g/mol. The molecule has 0 spiro atoms. The molecule has 0 saturated heterocycles. The minimum Gasteiger partial charge on any atom is -0.461 e. The van der Waals surface area contributed by atoms with Crippen molar-refractivity contribution >= 4 is 17.2 Å². The molecule has 4 heterocycles. The number of rotatable bonds is 4. The average molecular weight is 355 g/mol. The quantitative estimate of drug-likeness (QED) is 0.775. The Morgan fingerprint density at radius 2 is 2.12 bits per heavy atom. The van der Waals surface area contributed by atoms with E-state index in [9.17, 15) is 0 Å². The SMILES string of the molecule is Cc1nc(CNc2nc(-c3ccco3)nc3c2CCN(C)CC3)cs1. The Kier molecular flexibility index (Phi) is 4.50. The molecule has 0 fully saturated rings. The van der Waals surface area contributed by atoms with E-state index >= 15 is 0 Å². The molecular formula is C18H21N5OS. The van der Waals surface area contributed by atoms with Crippen LogP contribution in [0.25, 0.3) is 11.6 Å². The molecule has 3 aromatic rings. The van der Waals surface area contributed by atoms with Crippen molar-refractivity contribution in [2.75, 3.05) is 25.5 Å². The van der Waals surface area contributed by atoms with Crippen molar-refractivity contribution < 1.29 is 4.42 Å². The summed E-state index contributed by atoms with van der Waals surface area (Å²) >= 11 is 1.67. The Balaban J connectivity index is 1.68. The number of hydrogen-bond donors (Lipinski definition) is 1. The van der Waals surface area contributed by atoms with Crippen molar-refractivity contribution in [1.82, 2.24) is 19.9 Å². The standard InChI is InChI=1S/C18H21N5OS/c1-12-20-13(11-25-12)10-19-17-14-5-7-23(2)8-6-15(14)21-18(22-17)16-4-3-9-24-16/h3-4,9,11H,5-8,10H2,1-2H3,(H,19,21,22). The largest absolute Gasteiger partial charge is 0.461 e. The zero-order valence-corrected chi connectivity index (χ0v) is 15.3. The van der Waals surface area contributed by atoms with Gasteiger partial charge in [-0.05, 0) is 32.5 Å². The monoisotopic (exact) mass is 355 g/mol. The number of aromatic nitrogens is 3. The summed E-state index contributed by atoms with van der Waals surface area (Å²) in [4.78, 5) is 16.4. The summed E-state index contributed by atoms with van der Waals surface area (Å²) in [5.41, 5.74) is 3.37. The van der Waals surface area contributed by atoms with Crippen molar-refractivity contribution in [3.05, 3.63) is 45.7 Å². The zero-order valence-electron chi connectivity index (χ0n) is 14.5. The first kappa shape index (κ1) is 16.2. The second-order valence-electron chi connectivity index (χ2n) is 6.31. The van der Waals surface area contributed by atoms with Crippen LogP contribution in [0.15, 0.2) is 28.2 Å². The number of fused-ring (bicyclic) bond motifs is 1. The topological polar surface area (TPSA) is 67.1 Å². The average Bonchev–Trinajstić information content (AvgIpc) is 3.24. The van der Waals surface area contributed by atoms with Gasteiger partial charge in [-0.15, -0.1) is 11.3 Å². The van der Waals surface area contributed by atoms with Crippen LogP contribution < -0.4 is 5.32 Å². The molecule has 0 aromatic carbocycles. The van der Waals surface area contributed by atoms with E-state index in [1.54, 1.807) is 17.6 Å². The van der Waals surface area contributed by atoms with E-state index in [2.05, 4.69) is 27.6 Å². The summed E-state index contributed by atoms with van der Waals surface area (Å²) < 4.78 is 5.51. The molecule has 4 rings (SSSR count). The Morgan fingerprint density at radius 3 is 2.88 bits per heavy atom. The number of thiazole rings is 1. The van der Waals surface area contributed by atoms with Gasteiger partial charge < -0.3 is 14.6 Å². The second-order valence-corrected chi connectivity index (χ2v) is 7.38. The van der Waals surface area contributed by atoms with Crippen molar-refractivity contribution in [2.45, 2.75) is 26.3 Å². The van der Waals surface area contributed by atoms with Gasteiger partial charge in [-0.25, -0.2) is 15.0 Å². The van der Waals surface area contributed by atoms with E-state index in [0.717, 1.165) is 48.1 Å². The van der Waals surface area contributed by atoms with Crippen molar-refractivity contribution in [3.8, 4) is 11.6 Å². The van der Waals surface area contributed by atoms with Crippen molar-refractivity contribution in [2.24, 2.45) is 0 Å². The van der Waals surface area contributed by atoms with Crippen LogP contribution in [0.5, 0.6) is 0 Å². The molecule has 0 atom stereocenters. The smallest absolute Gasteiger partial charge is 0.197 e. The van der Waals surface area contributed by atoms with Crippen molar-refractivity contribution in [1.29, 1.82) is 0 Å². The maximum atomic E-state index is 5.51. The Bertz CT molecular complexity index is 858. The first-order chi connectivity index (χ1) is 12.2. The van der Waals surface area contributed by atoms with Crippen LogP contribution in [0.4, 0.5) is 5.82 Å². The third kappa shape index (κ3) is 3.57. The Labute approximate surface area is 150 Å². The molecule has 0 amide bonds. The van der Waals surface area contributed by atoms with E-state index < -0.39 is 0 Å². The third-order valence-electron chi connectivity index (χ3n) is 4.41. The van der Waals surface area contributed by atoms with Gasteiger partial charge in [-0.2, -0.15) is 0 Å². The summed E-state index contributed by atoms with van der Waals surface area (Å²) in [6.07, 6.45) is 3.53. The van der Waals surface area contributed by atoms with Gasteiger partial charge in [0.05, 0.1) is 29.2 Å². The molecule has 1 aliphatic rings. The molecule has 130 valence electrons. The van der Waals surface area contributed by atoms with Gasteiger partial charge in [0.25, 0.3) is 0 Å². The zero-order chi connectivity index (χ0) is 17.2. The first-order valence-electron chi connectivity index (χ1n) is 8.46. The van der Waals surface area contributed by atoms with E-state index in [-0.39, 0.29) is 0 Å². The van der Waals surface area contributed by atoms with Gasteiger partial charge in [0.15, 0.2) is 11.6 Å². The molecule has 0 radical (unpaired) electrons. The molecule has 0 unspecified atom stereocenters. The molecule has 0 saturated carbocycles. The van der Waals surface area contributed by atoms with E-state index in [1.807, 2.05) is 19.1 Å². The highest BCUT2D eigenvalue weighted by Crippen LogP contribution is 2.26. The molecule has 3 aromatic heterocycles. The molecule has 0 bridgehead atoms. The number of nitrogens with one attached hydrogen (secondary N) is 1. The van der Waals surface area contributed by atoms with E-state index in [1.165, 1.54) is 5.56 Å². The van der Waals surface area contributed by atoms with Crippen LogP contribution in [-0.2, 0) is 19.4 Å². The fourth-order valence-corrected chi connectivity index (χ4v) is 3.65. The highest BCUT2D eigenvalue weighted by atomic mass is 32.1. The first-order valence-corrected chi connectivity index (χ1v) is 9.34. The lowest BCUT2D eigenvalue weighted by Gasteiger charge is -2.14. The van der Waals surface area contributed by atoms with Crippen LogP contribution in [-0.4, -0.2) is 40.0 Å². The van der Waals surface area contributed by atoms with Crippen LogP contribution >= 0.6 is 11.3 Å². The fraction of sp³-hybridized carbons (Fsp3) is 0.389. The lowest BCUT2D eigenvalue weighted by atomic mass is 10.1. The number of anilines is 1. The number of furan rings is 1.